The second-order valence-electron chi connectivity index (χ2n) is 6.39. The Morgan fingerprint density at radius 2 is 1.62 bits per heavy atom. The fourth-order valence-electron chi connectivity index (χ4n) is 2.87. The zero-order chi connectivity index (χ0) is 19.4. The lowest BCUT2D eigenvalue weighted by Crippen LogP contribution is -2.26. The summed E-state index contributed by atoms with van der Waals surface area (Å²) in [5, 5.41) is 8.17. The smallest absolute Gasteiger partial charge is 0.271 e. The largest absolute Gasteiger partial charge is 0.354 e. The minimum Gasteiger partial charge on any atom is -0.354 e. The molecule has 2 aromatic carbocycles. The fraction of sp³-hybridized carbons (Fsp3) is 0.150. The summed E-state index contributed by atoms with van der Waals surface area (Å²) in [4.78, 5) is 4.32. The van der Waals surface area contributed by atoms with Crippen LogP contribution in [0.1, 0.15) is 11.1 Å². The highest BCUT2D eigenvalue weighted by Gasteiger charge is 2.14. The molecule has 9 heteroatoms. The minimum atomic E-state index is -3.51. The monoisotopic (exact) mass is 448 g/mol. The van der Waals surface area contributed by atoms with E-state index in [9.17, 15) is 8.42 Å². The van der Waals surface area contributed by atoms with E-state index in [2.05, 4.69) is 32.5 Å². The quantitative estimate of drug-likeness (QED) is 0.533. The summed E-state index contributed by atoms with van der Waals surface area (Å²) >= 11 is 1.20. The number of sulfonamides is 1. The van der Waals surface area contributed by atoms with Crippen molar-refractivity contribution in [2.24, 2.45) is 4.99 Å². The van der Waals surface area contributed by atoms with Gasteiger partial charge < -0.3 is 10.6 Å². The molecule has 1 aliphatic rings. The van der Waals surface area contributed by atoms with E-state index in [4.69, 9.17) is 0 Å². The van der Waals surface area contributed by atoms with Crippen molar-refractivity contribution in [2.45, 2.75) is 10.6 Å². The molecule has 0 aliphatic carbocycles. The number of guanidine groups is 1. The van der Waals surface area contributed by atoms with Crippen molar-refractivity contribution < 1.29 is 8.42 Å². The number of halogens is 1. The van der Waals surface area contributed by atoms with Gasteiger partial charge >= 0.3 is 0 Å². The molecule has 0 saturated heterocycles. The van der Waals surface area contributed by atoms with Gasteiger partial charge in [-0.1, -0.05) is 30.3 Å². The lowest BCUT2D eigenvalue weighted by molar-refractivity contribution is 0.603. The number of rotatable bonds is 6. The van der Waals surface area contributed by atoms with Gasteiger partial charge in [-0.05, 0) is 53.3 Å². The van der Waals surface area contributed by atoms with Gasteiger partial charge in [-0.25, -0.2) is 8.42 Å². The summed E-state index contributed by atoms with van der Waals surface area (Å²) in [6.45, 7) is 1.68. The Morgan fingerprint density at radius 3 is 2.17 bits per heavy atom. The first-order valence-electron chi connectivity index (χ1n) is 8.88. The molecular formula is C20H21ClN4O2S2. The topological polar surface area (TPSA) is 82.6 Å². The second-order valence-corrected chi connectivity index (χ2v) is 9.25. The van der Waals surface area contributed by atoms with E-state index in [1.54, 1.807) is 29.6 Å². The zero-order valence-corrected chi connectivity index (χ0v) is 17.9. The number of hydrogen-bond acceptors (Lipinski definition) is 6. The summed E-state index contributed by atoms with van der Waals surface area (Å²) in [5.41, 5.74) is 3.84. The molecule has 1 aliphatic heterocycles. The van der Waals surface area contributed by atoms with Gasteiger partial charge in [0.25, 0.3) is 10.0 Å². The van der Waals surface area contributed by atoms with Gasteiger partial charge in [0, 0.05) is 17.9 Å². The first-order chi connectivity index (χ1) is 13.6. The van der Waals surface area contributed by atoms with Crippen LogP contribution in [-0.4, -0.2) is 27.5 Å². The summed E-state index contributed by atoms with van der Waals surface area (Å²) in [7, 11) is -3.51. The van der Waals surface area contributed by atoms with Gasteiger partial charge in [-0.3, -0.25) is 9.71 Å². The van der Waals surface area contributed by atoms with Gasteiger partial charge in [0.1, 0.15) is 4.21 Å². The Morgan fingerprint density at radius 1 is 0.966 bits per heavy atom. The van der Waals surface area contributed by atoms with Gasteiger partial charge in [0.15, 0.2) is 5.96 Å². The van der Waals surface area contributed by atoms with Crippen LogP contribution in [0.5, 0.6) is 0 Å². The predicted octanol–water partition coefficient (Wildman–Crippen LogP) is 3.93. The van der Waals surface area contributed by atoms with E-state index >= 15 is 0 Å². The average Bonchev–Trinajstić information content (AvgIpc) is 3.39. The van der Waals surface area contributed by atoms with Gasteiger partial charge in [-0.15, -0.1) is 23.7 Å². The second kappa shape index (κ2) is 9.30. The molecule has 0 saturated carbocycles. The number of aliphatic imine (C=N–C) groups is 1. The van der Waals surface area contributed by atoms with Crippen molar-refractivity contribution in [1.29, 1.82) is 0 Å². The number of benzene rings is 2. The van der Waals surface area contributed by atoms with Gasteiger partial charge in [0.05, 0.1) is 6.54 Å². The van der Waals surface area contributed by atoms with Crippen LogP contribution in [0.15, 0.2) is 75.2 Å². The van der Waals surface area contributed by atoms with Crippen LogP contribution in [0.3, 0.4) is 0 Å². The van der Waals surface area contributed by atoms with Crippen LogP contribution >= 0.6 is 23.7 Å². The summed E-state index contributed by atoms with van der Waals surface area (Å²) < 4.78 is 27.5. The molecule has 29 heavy (non-hydrogen) atoms. The summed E-state index contributed by atoms with van der Waals surface area (Å²) in [6.07, 6.45) is 0.775. The number of thiophene rings is 1. The molecule has 0 radical (unpaired) electrons. The van der Waals surface area contributed by atoms with E-state index in [0.29, 0.717) is 9.90 Å². The van der Waals surface area contributed by atoms with Crippen molar-refractivity contribution in [3.8, 4) is 0 Å². The molecule has 0 amide bonds. The van der Waals surface area contributed by atoms with E-state index < -0.39 is 10.0 Å². The third-order valence-corrected chi connectivity index (χ3v) is 7.04. The molecule has 2 heterocycles. The van der Waals surface area contributed by atoms with Crippen LogP contribution in [-0.2, 0) is 16.4 Å². The Labute approximate surface area is 180 Å². The van der Waals surface area contributed by atoms with Crippen LogP contribution in [0, 0.1) is 0 Å². The molecule has 0 atom stereocenters. The number of nitrogens with zero attached hydrogens (tertiary/aromatic N) is 1. The van der Waals surface area contributed by atoms with Crippen molar-refractivity contribution >= 4 is 51.1 Å². The Balaban J connectivity index is 0.00000240. The Bertz CT molecular complexity index is 1060. The van der Waals surface area contributed by atoms with Crippen LogP contribution < -0.4 is 15.4 Å². The molecule has 0 bridgehead atoms. The average molecular weight is 449 g/mol. The van der Waals surface area contributed by atoms with E-state index in [1.165, 1.54) is 16.9 Å². The third-order valence-electron chi connectivity index (χ3n) is 4.27. The van der Waals surface area contributed by atoms with Gasteiger partial charge in [-0.2, -0.15) is 0 Å². The highest BCUT2D eigenvalue weighted by Crippen LogP contribution is 2.21. The Hall–Kier alpha value is -2.55. The third kappa shape index (κ3) is 5.50. The van der Waals surface area contributed by atoms with Crippen LogP contribution in [0.4, 0.5) is 11.4 Å². The molecule has 3 N–H and O–H groups in total. The minimum absolute atomic E-state index is 0. The van der Waals surface area contributed by atoms with Crippen molar-refractivity contribution in [1.82, 2.24) is 5.32 Å². The summed E-state index contributed by atoms with van der Waals surface area (Å²) in [5.74, 6) is 0.813. The normalized spacial score (nSPS) is 13.2. The molecule has 152 valence electrons. The first-order valence-corrected chi connectivity index (χ1v) is 11.2. The molecule has 1 aromatic heterocycles. The highest BCUT2D eigenvalue weighted by atomic mass is 35.5. The van der Waals surface area contributed by atoms with Gasteiger partial charge in [0.2, 0.25) is 0 Å². The first kappa shape index (κ1) is 21.2. The fourth-order valence-corrected chi connectivity index (χ4v) is 4.92. The maximum Gasteiger partial charge on any atom is 0.271 e. The lowest BCUT2D eigenvalue weighted by Gasteiger charge is -2.09. The van der Waals surface area contributed by atoms with Crippen molar-refractivity contribution in [2.75, 3.05) is 23.1 Å². The van der Waals surface area contributed by atoms with Crippen molar-refractivity contribution in [3.05, 3.63) is 77.2 Å². The standard InChI is InChI=1S/C20H20N4O2S2.ClH/c25-28(26,19-2-1-13-27-19)24-18-9-5-16(6-10-18)14-15-3-7-17(8-4-15)23-20-21-11-12-22-20;/h1-10,13,24H,11-12,14H2,(H2,21,22,23);1H. The maximum absolute atomic E-state index is 12.3. The lowest BCUT2D eigenvalue weighted by atomic mass is 10.0. The highest BCUT2D eigenvalue weighted by molar-refractivity contribution is 7.94. The Kier molecular flexibility index (Phi) is 6.79. The number of hydrogen-bond donors (Lipinski definition) is 3. The molecule has 3 aromatic rings. The molecule has 6 nitrogen and oxygen atoms in total. The number of nitrogens with one attached hydrogen (secondary N) is 3. The SMILES string of the molecule is Cl.O=S(=O)(Nc1ccc(Cc2ccc(NC3=NCCN3)cc2)cc1)c1cccs1. The summed E-state index contributed by atoms with van der Waals surface area (Å²) in [6, 6.07) is 19.0. The molecule has 4 rings (SSSR count). The van der Waals surface area contributed by atoms with Crippen LogP contribution in [0.2, 0.25) is 0 Å². The van der Waals surface area contributed by atoms with E-state index in [1.807, 2.05) is 24.3 Å². The molecule has 0 unspecified atom stereocenters. The van der Waals surface area contributed by atoms with Crippen molar-refractivity contribution in [3.63, 3.8) is 0 Å². The number of anilines is 2. The molecule has 0 spiro atoms. The predicted molar refractivity (Wildman–Crippen MR) is 122 cm³/mol. The molecule has 0 fully saturated rings. The van der Waals surface area contributed by atoms with Crippen LogP contribution in [0.25, 0.3) is 0 Å². The van der Waals surface area contributed by atoms with E-state index in [-0.39, 0.29) is 12.4 Å². The van der Waals surface area contributed by atoms with E-state index in [0.717, 1.165) is 36.7 Å². The molecular weight excluding hydrogens is 428 g/mol. The zero-order valence-electron chi connectivity index (χ0n) is 15.5. The maximum atomic E-state index is 12.3.